The molecule has 2 fully saturated rings. The summed E-state index contributed by atoms with van der Waals surface area (Å²) in [4.78, 5) is 42.7. The summed E-state index contributed by atoms with van der Waals surface area (Å²) in [5, 5.41) is 32.5. The lowest BCUT2D eigenvalue weighted by Gasteiger charge is -2.41. The number of hydrogen-bond donors (Lipinski definition) is 8. The Bertz CT molecular complexity index is 1520. The molecule has 4 atom stereocenters. The molecular formula is C29H36N8O5+2. The summed E-state index contributed by atoms with van der Waals surface area (Å²) in [5.74, 6) is -3.58. The van der Waals surface area contributed by atoms with E-state index in [1.54, 1.807) is 12.1 Å². The number of nitrogens with two attached hydrogens (primary N) is 2. The average Bonchev–Trinajstić information content (AvgIpc) is 3.56. The van der Waals surface area contributed by atoms with Crippen molar-refractivity contribution < 1.29 is 34.2 Å². The Morgan fingerprint density at radius 1 is 1.10 bits per heavy atom. The lowest BCUT2D eigenvalue weighted by molar-refractivity contribution is -0.674. The van der Waals surface area contributed by atoms with Gasteiger partial charge < -0.3 is 15.5 Å². The van der Waals surface area contributed by atoms with Gasteiger partial charge in [0.15, 0.2) is 6.04 Å². The Labute approximate surface area is 242 Å². The van der Waals surface area contributed by atoms with Crippen LogP contribution in [-0.2, 0) is 15.0 Å². The second-order valence-electron chi connectivity index (χ2n) is 11.9. The van der Waals surface area contributed by atoms with Crippen molar-refractivity contribution in [3.63, 3.8) is 0 Å². The predicted molar refractivity (Wildman–Crippen MR) is 150 cm³/mol. The van der Waals surface area contributed by atoms with Crippen molar-refractivity contribution in [2.75, 3.05) is 13.1 Å². The first-order valence-corrected chi connectivity index (χ1v) is 14.0. The molecule has 10 N–H and O–H groups in total. The zero-order valence-electron chi connectivity index (χ0n) is 23.4. The zero-order chi connectivity index (χ0) is 30.0. The van der Waals surface area contributed by atoms with Gasteiger partial charge in [0.2, 0.25) is 11.8 Å². The van der Waals surface area contributed by atoms with E-state index in [4.69, 9.17) is 11.5 Å². The van der Waals surface area contributed by atoms with Gasteiger partial charge in [-0.1, -0.05) is 62.4 Å². The molecule has 220 valence electrons. The number of likely N-dealkylation sites (tertiary alicyclic amines) is 1. The summed E-state index contributed by atoms with van der Waals surface area (Å²) in [6.07, 6.45) is 0.237. The fourth-order valence-corrected chi connectivity index (χ4v) is 6.89. The number of nitrogens with zero attached hydrogens (tertiary/aromatic N) is 2. The topological polar surface area (TPSA) is 200 Å². The van der Waals surface area contributed by atoms with Crippen LogP contribution in [0, 0.1) is 0 Å². The molecule has 42 heavy (non-hydrogen) atoms. The molecule has 4 aliphatic heterocycles. The summed E-state index contributed by atoms with van der Waals surface area (Å²) < 4.78 is 1.51. The molecular weight excluding hydrogens is 540 g/mol. The number of aliphatic hydroxyl groups is 2. The summed E-state index contributed by atoms with van der Waals surface area (Å²) in [6, 6.07) is 14.2. The fourth-order valence-electron chi connectivity index (χ4n) is 6.89. The molecule has 2 aromatic carbocycles. The molecule has 0 radical (unpaired) electrons. The summed E-state index contributed by atoms with van der Waals surface area (Å²) in [5.41, 5.74) is 12.5. The maximum absolute atomic E-state index is 13.8. The molecule has 13 heteroatoms. The van der Waals surface area contributed by atoms with Crippen molar-refractivity contribution in [1.29, 1.82) is 0 Å². The highest BCUT2D eigenvalue weighted by Gasteiger charge is 2.78. The van der Waals surface area contributed by atoms with E-state index in [-0.39, 0.29) is 49.7 Å². The van der Waals surface area contributed by atoms with E-state index in [9.17, 15) is 24.6 Å². The number of benzene rings is 2. The summed E-state index contributed by atoms with van der Waals surface area (Å²) >= 11 is 0. The van der Waals surface area contributed by atoms with Gasteiger partial charge in [0.25, 0.3) is 17.4 Å². The van der Waals surface area contributed by atoms with Crippen LogP contribution in [0.1, 0.15) is 48.2 Å². The van der Waals surface area contributed by atoms with Crippen LogP contribution in [0.15, 0.2) is 54.6 Å². The van der Waals surface area contributed by atoms with Gasteiger partial charge in [0.1, 0.15) is 12.1 Å². The Kier molecular flexibility index (Phi) is 6.28. The number of rotatable bonds is 6. The molecule has 0 bridgehead atoms. The number of nitrogens with one attached hydrogen (secondary N) is 4. The van der Waals surface area contributed by atoms with Crippen molar-refractivity contribution in [2.24, 2.45) is 11.5 Å². The highest BCUT2D eigenvalue weighted by Crippen LogP contribution is 2.39. The monoisotopic (exact) mass is 576 g/mol. The minimum atomic E-state index is -2.60. The normalized spacial score (nSPS) is 28.1. The van der Waals surface area contributed by atoms with E-state index >= 15 is 0 Å². The Morgan fingerprint density at radius 2 is 1.74 bits per heavy atom. The second kappa shape index (κ2) is 9.53. The molecule has 0 saturated carbocycles. The lowest BCUT2D eigenvalue weighted by atomic mass is 9.76. The fraction of sp³-hybridized carbons (Fsp3) is 0.414. The van der Waals surface area contributed by atoms with Crippen LogP contribution in [0.3, 0.4) is 0 Å². The number of carbonyl (C=O) groups excluding carboxylic acids is 3. The molecule has 13 nitrogen and oxygen atoms in total. The van der Waals surface area contributed by atoms with E-state index in [1.807, 2.05) is 56.3 Å². The minimum Gasteiger partial charge on any atom is -0.358 e. The Hall–Kier alpha value is -4.49. The van der Waals surface area contributed by atoms with E-state index in [1.165, 1.54) is 4.58 Å². The molecule has 1 spiro atoms. The van der Waals surface area contributed by atoms with Gasteiger partial charge in [0.05, 0.1) is 13.1 Å². The van der Waals surface area contributed by atoms with Gasteiger partial charge in [-0.15, -0.1) is 0 Å². The van der Waals surface area contributed by atoms with E-state index in [2.05, 4.69) is 20.9 Å². The molecule has 6 rings (SSSR count). The van der Waals surface area contributed by atoms with Crippen LogP contribution in [0.5, 0.6) is 0 Å². The van der Waals surface area contributed by atoms with Crippen molar-refractivity contribution in [3.8, 4) is 0 Å². The Morgan fingerprint density at radius 3 is 2.43 bits per heavy atom. The first kappa shape index (κ1) is 27.7. The van der Waals surface area contributed by atoms with Gasteiger partial charge in [0, 0.05) is 23.8 Å². The van der Waals surface area contributed by atoms with Gasteiger partial charge in [-0.2, -0.15) is 0 Å². The lowest BCUT2D eigenvalue weighted by Crippen LogP contribution is -2.92. The Balaban J connectivity index is 1.32. The average molecular weight is 577 g/mol. The minimum absolute atomic E-state index is 0.0555. The molecule has 2 saturated heterocycles. The van der Waals surface area contributed by atoms with Crippen molar-refractivity contribution in [1.82, 2.24) is 20.9 Å². The van der Waals surface area contributed by atoms with Crippen LogP contribution in [0.4, 0.5) is 0 Å². The SMILES string of the molecule is CC(C)(c1ccccc1)c1ccccc1C(=O)NC1C[N+]2=C(N)N[C@@H](CN3C(=O)CCC3=O)[C@@H]3[NH+]=C(N)N[C@@]32C1(O)O. The van der Waals surface area contributed by atoms with Gasteiger partial charge in [-0.05, 0) is 17.2 Å². The molecule has 4 aliphatic rings. The van der Waals surface area contributed by atoms with Crippen LogP contribution in [-0.4, -0.2) is 92.0 Å². The van der Waals surface area contributed by atoms with E-state index in [0.717, 1.165) is 16.0 Å². The van der Waals surface area contributed by atoms with Crippen LogP contribution < -0.4 is 32.4 Å². The maximum Gasteiger partial charge on any atom is 0.347 e. The van der Waals surface area contributed by atoms with Gasteiger partial charge >= 0.3 is 11.9 Å². The summed E-state index contributed by atoms with van der Waals surface area (Å²) in [6.45, 7) is 3.92. The van der Waals surface area contributed by atoms with Crippen LogP contribution in [0.2, 0.25) is 0 Å². The molecule has 0 aliphatic carbocycles. The number of carbonyl (C=O) groups is 3. The maximum atomic E-state index is 13.8. The predicted octanol–water partition coefficient (Wildman–Crippen LogP) is -3.68. The van der Waals surface area contributed by atoms with Crippen molar-refractivity contribution in [3.05, 3.63) is 71.3 Å². The largest absolute Gasteiger partial charge is 0.358 e. The van der Waals surface area contributed by atoms with Gasteiger partial charge in [-0.25, -0.2) is 9.89 Å². The third-order valence-electron chi connectivity index (χ3n) is 9.13. The quantitative estimate of drug-likeness (QED) is 0.0969. The van der Waals surface area contributed by atoms with E-state index < -0.39 is 40.9 Å². The van der Waals surface area contributed by atoms with Gasteiger partial charge in [-0.3, -0.25) is 41.1 Å². The molecule has 3 amide bonds. The zero-order valence-corrected chi connectivity index (χ0v) is 23.4. The third kappa shape index (κ3) is 3.95. The molecule has 2 aromatic rings. The number of guanidine groups is 2. The number of amides is 3. The van der Waals surface area contributed by atoms with Crippen LogP contribution >= 0.6 is 0 Å². The first-order valence-electron chi connectivity index (χ1n) is 14.0. The number of hydrogen-bond acceptors (Lipinski definition) is 9. The molecule has 1 unspecified atom stereocenters. The molecule has 0 aromatic heterocycles. The first-order chi connectivity index (χ1) is 19.9. The third-order valence-corrected chi connectivity index (χ3v) is 9.13. The van der Waals surface area contributed by atoms with Crippen LogP contribution in [0.25, 0.3) is 0 Å². The van der Waals surface area contributed by atoms with E-state index in [0.29, 0.717) is 5.56 Å². The standard InChI is InChI=1S/C29H34N8O5/c1-27(2,16-8-4-3-5-9-16)18-11-7-6-10-17(18)24(40)33-20-15-37-26(31)32-19(14-36-21(38)12-13-22(36)39)23-28(37,29(20,41)42)35-25(30)34-23/h3-11,19-20,23,41-42H,12-15H2,1-2H3,(H6,30,31,32,33,34,35,40)/p+2/t19-,20?,23-,28-/m0/s1. The van der Waals surface area contributed by atoms with Crippen molar-refractivity contribution in [2.45, 2.75) is 61.7 Å². The number of imide groups is 1. The van der Waals surface area contributed by atoms with Crippen molar-refractivity contribution >= 4 is 29.6 Å². The highest BCUT2D eigenvalue weighted by atomic mass is 16.5. The second-order valence-corrected chi connectivity index (χ2v) is 11.9. The highest BCUT2D eigenvalue weighted by molar-refractivity contribution is 6.02. The molecule has 4 heterocycles. The smallest absolute Gasteiger partial charge is 0.347 e. The summed E-state index contributed by atoms with van der Waals surface area (Å²) in [7, 11) is 0.